The van der Waals surface area contributed by atoms with Gasteiger partial charge in [0.15, 0.2) is 0 Å². The normalized spacial score (nSPS) is 11.1. The molecule has 1 N–H and O–H groups in total. The van der Waals surface area contributed by atoms with Gasteiger partial charge >= 0.3 is 0 Å². The van der Waals surface area contributed by atoms with Gasteiger partial charge in [0.25, 0.3) is 0 Å². The Morgan fingerprint density at radius 1 is 1.19 bits per heavy atom. The van der Waals surface area contributed by atoms with Gasteiger partial charge in [-0.05, 0) is 25.5 Å². The summed E-state index contributed by atoms with van der Waals surface area (Å²) in [5.74, 6) is 0. The average molecular weight is 229 g/mol. The number of H-pyrrole nitrogens is 1. The second-order valence-corrected chi connectivity index (χ2v) is 5.09. The molecule has 4 heteroatoms. The van der Waals surface area contributed by atoms with E-state index >= 15 is 0 Å². The first kappa shape index (κ1) is 9.54. The van der Waals surface area contributed by atoms with Crippen LogP contribution in [0.1, 0.15) is 10.6 Å². The molecule has 0 atom stereocenters. The molecule has 0 aliphatic rings. The van der Waals surface area contributed by atoms with Crippen LogP contribution in [-0.4, -0.2) is 15.0 Å². The number of aromatic amines is 1. The van der Waals surface area contributed by atoms with E-state index < -0.39 is 0 Å². The predicted octanol–water partition coefficient (Wildman–Crippen LogP) is 3.30. The van der Waals surface area contributed by atoms with Crippen LogP contribution in [0.3, 0.4) is 0 Å². The van der Waals surface area contributed by atoms with E-state index in [-0.39, 0.29) is 0 Å². The van der Waals surface area contributed by atoms with Crippen LogP contribution in [0.5, 0.6) is 0 Å². The first-order valence-corrected chi connectivity index (χ1v) is 5.92. The highest BCUT2D eigenvalue weighted by molar-refractivity contribution is 7.15. The maximum atomic E-state index is 4.36. The molecule has 0 unspecified atom stereocenters. The Labute approximate surface area is 97.2 Å². The van der Waals surface area contributed by atoms with Gasteiger partial charge in [0, 0.05) is 29.5 Å². The maximum Gasteiger partial charge on any atom is 0.137 e. The molecule has 3 nitrogen and oxygen atoms in total. The van der Waals surface area contributed by atoms with Gasteiger partial charge in [0.1, 0.15) is 5.65 Å². The Balaban J connectivity index is 2.27. The van der Waals surface area contributed by atoms with Gasteiger partial charge in [-0.25, -0.2) is 9.97 Å². The van der Waals surface area contributed by atoms with E-state index in [0.29, 0.717) is 0 Å². The minimum Gasteiger partial charge on any atom is -0.345 e. The van der Waals surface area contributed by atoms with Crippen molar-refractivity contribution in [2.75, 3.05) is 0 Å². The first-order valence-electron chi connectivity index (χ1n) is 5.10. The summed E-state index contributed by atoms with van der Waals surface area (Å²) in [6.07, 6.45) is 5.80. The topological polar surface area (TPSA) is 41.6 Å². The van der Waals surface area contributed by atoms with Gasteiger partial charge in [0.2, 0.25) is 0 Å². The molecule has 16 heavy (non-hydrogen) atoms. The van der Waals surface area contributed by atoms with Crippen molar-refractivity contribution in [1.82, 2.24) is 15.0 Å². The molecular weight excluding hydrogens is 218 g/mol. The van der Waals surface area contributed by atoms with Crippen molar-refractivity contribution < 1.29 is 0 Å². The summed E-state index contributed by atoms with van der Waals surface area (Å²) < 4.78 is 0. The molecule has 0 radical (unpaired) electrons. The van der Waals surface area contributed by atoms with E-state index in [4.69, 9.17) is 0 Å². The van der Waals surface area contributed by atoms with E-state index in [9.17, 15) is 0 Å². The number of hydrogen-bond donors (Lipinski definition) is 1. The number of nitrogens with zero attached hydrogens (tertiary/aromatic N) is 2. The fraction of sp³-hybridized carbons (Fsp3) is 0.167. The lowest BCUT2D eigenvalue weighted by Gasteiger charge is -1.95. The van der Waals surface area contributed by atoms with Crippen molar-refractivity contribution in [3.05, 3.63) is 35.2 Å². The molecule has 3 rings (SSSR count). The number of pyridine rings is 1. The summed E-state index contributed by atoms with van der Waals surface area (Å²) in [7, 11) is 0. The van der Waals surface area contributed by atoms with Crippen molar-refractivity contribution in [3.8, 4) is 10.4 Å². The summed E-state index contributed by atoms with van der Waals surface area (Å²) in [5.41, 5.74) is 3.30. The molecule has 0 saturated heterocycles. The lowest BCUT2D eigenvalue weighted by atomic mass is 10.1. The van der Waals surface area contributed by atoms with E-state index in [0.717, 1.165) is 10.7 Å². The molecule has 0 amide bonds. The highest BCUT2D eigenvalue weighted by Gasteiger charge is 2.09. The standard InChI is InChI=1S/C12H11N3S/c1-7-3-9-10(5-15-12(9)14-4-7)11-6-13-8(2)16-11/h3-6H,1-2H3,(H,14,15). The number of hydrogen-bond acceptors (Lipinski definition) is 3. The van der Waals surface area contributed by atoms with E-state index in [2.05, 4.69) is 27.9 Å². The molecule has 3 aromatic heterocycles. The monoisotopic (exact) mass is 229 g/mol. The highest BCUT2D eigenvalue weighted by atomic mass is 32.1. The first-order chi connectivity index (χ1) is 7.74. The van der Waals surface area contributed by atoms with Crippen LogP contribution in [0.2, 0.25) is 0 Å². The summed E-state index contributed by atoms with van der Waals surface area (Å²) in [4.78, 5) is 13.0. The Morgan fingerprint density at radius 2 is 2.06 bits per heavy atom. The number of thiazole rings is 1. The number of aryl methyl sites for hydroxylation is 2. The molecular formula is C12H11N3S. The zero-order valence-corrected chi connectivity index (χ0v) is 9.93. The Morgan fingerprint density at radius 3 is 2.81 bits per heavy atom. The number of nitrogens with one attached hydrogen (secondary N) is 1. The molecule has 0 saturated carbocycles. The minimum atomic E-state index is 0.937. The fourth-order valence-electron chi connectivity index (χ4n) is 1.80. The number of fused-ring (bicyclic) bond motifs is 1. The van der Waals surface area contributed by atoms with Crippen LogP contribution in [-0.2, 0) is 0 Å². The second kappa shape index (κ2) is 3.42. The number of aromatic nitrogens is 3. The third-order valence-electron chi connectivity index (χ3n) is 2.55. The highest BCUT2D eigenvalue weighted by Crippen LogP contribution is 2.31. The van der Waals surface area contributed by atoms with Crippen LogP contribution < -0.4 is 0 Å². The quantitative estimate of drug-likeness (QED) is 0.695. The van der Waals surface area contributed by atoms with Gasteiger partial charge < -0.3 is 4.98 Å². The molecule has 80 valence electrons. The van der Waals surface area contributed by atoms with Crippen molar-refractivity contribution >= 4 is 22.4 Å². The van der Waals surface area contributed by atoms with Crippen LogP contribution in [0.25, 0.3) is 21.5 Å². The lowest BCUT2D eigenvalue weighted by Crippen LogP contribution is -1.78. The van der Waals surface area contributed by atoms with Crippen molar-refractivity contribution in [2.45, 2.75) is 13.8 Å². The Hall–Kier alpha value is -1.68. The molecule has 0 aromatic carbocycles. The van der Waals surface area contributed by atoms with E-state index in [1.54, 1.807) is 11.3 Å². The Kier molecular flexibility index (Phi) is 2.04. The van der Waals surface area contributed by atoms with Crippen LogP contribution in [0.15, 0.2) is 24.7 Å². The van der Waals surface area contributed by atoms with Gasteiger partial charge in [-0.1, -0.05) is 0 Å². The van der Waals surface area contributed by atoms with Crippen molar-refractivity contribution in [2.24, 2.45) is 0 Å². The molecule has 3 heterocycles. The average Bonchev–Trinajstić information content (AvgIpc) is 2.83. The minimum absolute atomic E-state index is 0.937. The molecule has 0 aliphatic carbocycles. The number of rotatable bonds is 1. The molecule has 0 aliphatic heterocycles. The van der Waals surface area contributed by atoms with Gasteiger partial charge in [0.05, 0.1) is 9.88 Å². The molecule has 0 bridgehead atoms. The third kappa shape index (κ3) is 1.42. The largest absolute Gasteiger partial charge is 0.345 e. The SMILES string of the molecule is Cc1cnc2[nH]cc(-c3cnc(C)s3)c2c1. The van der Waals surface area contributed by atoms with E-state index in [1.807, 2.05) is 25.5 Å². The molecule has 0 spiro atoms. The molecule has 3 aromatic rings. The van der Waals surface area contributed by atoms with Crippen LogP contribution in [0.4, 0.5) is 0 Å². The summed E-state index contributed by atoms with van der Waals surface area (Å²) in [6.45, 7) is 4.08. The fourth-order valence-corrected chi connectivity index (χ4v) is 2.61. The zero-order chi connectivity index (χ0) is 11.1. The summed E-state index contributed by atoms with van der Waals surface area (Å²) in [5, 5.41) is 2.26. The second-order valence-electron chi connectivity index (χ2n) is 3.85. The summed E-state index contributed by atoms with van der Waals surface area (Å²) in [6, 6.07) is 2.16. The predicted molar refractivity (Wildman–Crippen MR) is 66.7 cm³/mol. The van der Waals surface area contributed by atoms with Crippen molar-refractivity contribution in [1.29, 1.82) is 0 Å². The van der Waals surface area contributed by atoms with Crippen LogP contribution >= 0.6 is 11.3 Å². The van der Waals surface area contributed by atoms with Gasteiger partial charge in [-0.2, -0.15) is 0 Å². The molecule has 0 fully saturated rings. The van der Waals surface area contributed by atoms with Gasteiger partial charge in [-0.15, -0.1) is 11.3 Å². The smallest absolute Gasteiger partial charge is 0.137 e. The van der Waals surface area contributed by atoms with Gasteiger partial charge in [-0.3, -0.25) is 0 Å². The lowest BCUT2D eigenvalue weighted by molar-refractivity contribution is 1.29. The van der Waals surface area contributed by atoms with Crippen LogP contribution in [0, 0.1) is 13.8 Å². The van der Waals surface area contributed by atoms with E-state index in [1.165, 1.54) is 21.4 Å². The van der Waals surface area contributed by atoms with Crippen molar-refractivity contribution in [3.63, 3.8) is 0 Å². The maximum absolute atomic E-state index is 4.36. The Bertz CT molecular complexity index is 651. The summed E-state index contributed by atoms with van der Waals surface area (Å²) >= 11 is 1.71. The third-order valence-corrected chi connectivity index (χ3v) is 3.50. The zero-order valence-electron chi connectivity index (χ0n) is 9.11.